The first kappa shape index (κ1) is 10.6. The normalized spacial score (nSPS) is 16.6. The van der Waals surface area contributed by atoms with Crippen LogP contribution in [0.5, 0.6) is 0 Å². The molecule has 0 radical (unpaired) electrons. The van der Waals surface area contributed by atoms with Crippen molar-refractivity contribution >= 4 is 0 Å². The molecule has 0 saturated heterocycles. The van der Waals surface area contributed by atoms with E-state index in [-0.39, 0.29) is 0 Å². The van der Waals surface area contributed by atoms with Crippen molar-refractivity contribution in [2.24, 2.45) is 5.92 Å². The Morgan fingerprint density at radius 2 is 1.45 bits per heavy atom. The zero-order chi connectivity index (χ0) is 9.28. The van der Waals surface area contributed by atoms with Crippen LogP contribution in [0.2, 0.25) is 0 Å². The number of rotatable bonds is 2. The molecule has 0 bridgehead atoms. The van der Waals surface area contributed by atoms with E-state index in [1.54, 1.807) is 0 Å². The molecule has 0 saturated carbocycles. The molecule has 0 aromatic heterocycles. The Hall–Kier alpha value is -0.390. The Kier molecular flexibility index (Phi) is 2.82. The van der Waals surface area contributed by atoms with Gasteiger partial charge in [-0.05, 0) is 6.92 Å². The number of halogens is 5. The van der Waals surface area contributed by atoms with Crippen LogP contribution in [0.1, 0.15) is 6.92 Å². The van der Waals surface area contributed by atoms with E-state index in [4.69, 9.17) is 0 Å². The van der Waals surface area contributed by atoms with E-state index in [2.05, 4.69) is 4.74 Å². The standard InChI is InChI=1S/C5H7F5O/c1-3(4(6,7)8)5(9,10)11-2/h3H,1-2H3. The molecule has 6 heteroatoms. The minimum Gasteiger partial charge on any atom is -0.323 e. The van der Waals surface area contributed by atoms with Crippen LogP contribution in [0.4, 0.5) is 22.0 Å². The second kappa shape index (κ2) is 2.92. The van der Waals surface area contributed by atoms with Gasteiger partial charge in [0.1, 0.15) is 5.92 Å². The molecule has 1 nitrogen and oxygen atoms in total. The fraction of sp³-hybridized carbons (Fsp3) is 1.00. The molecule has 11 heavy (non-hydrogen) atoms. The Morgan fingerprint density at radius 3 is 1.55 bits per heavy atom. The minimum atomic E-state index is -4.93. The van der Waals surface area contributed by atoms with Gasteiger partial charge in [-0.3, -0.25) is 0 Å². The summed E-state index contributed by atoms with van der Waals surface area (Å²) in [5, 5.41) is 0. The van der Waals surface area contributed by atoms with E-state index < -0.39 is 18.2 Å². The maximum Gasteiger partial charge on any atom is 0.399 e. The Bertz CT molecular complexity index is 129. The van der Waals surface area contributed by atoms with Gasteiger partial charge in [-0.25, -0.2) is 0 Å². The molecular formula is C5H7F5O. The highest BCUT2D eigenvalue weighted by Crippen LogP contribution is 2.37. The molecule has 0 spiro atoms. The molecule has 0 N–H and O–H groups in total. The van der Waals surface area contributed by atoms with Gasteiger partial charge in [-0.2, -0.15) is 22.0 Å². The number of hydrogen-bond donors (Lipinski definition) is 0. The van der Waals surface area contributed by atoms with E-state index in [1.165, 1.54) is 0 Å². The number of ether oxygens (including phenoxy) is 1. The average molecular weight is 178 g/mol. The fourth-order valence-electron chi connectivity index (χ4n) is 0.367. The van der Waals surface area contributed by atoms with Crippen LogP contribution in [-0.4, -0.2) is 19.4 Å². The smallest absolute Gasteiger partial charge is 0.323 e. The molecule has 1 atom stereocenters. The molecule has 0 fully saturated rings. The molecule has 0 aliphatic carbocycles. The van der Waals surface area contributed by atoms with Gasteiger partial charge in [-0.1, -0.05) is 0 Å². The van der Waals surface area contributed by atoms with Crippen LogP contribution in [0.3, 0.4) is 0 Å². The monoisotopic (exact) mass is 178 g/mol. The summed E-state index contributed by atoms with van der Waals surface area (Å²) in [6.45, 7) is 0.365. The Labute approximate surface area is 60.1 Å². The lowest BCUT2D eigenvalue weighted by atomic mass is 10.1. The third-order valence-electron chi connectivity index (χ3n) is 1.27. The highest BCUT2D eigenvalue weighted by Gasteiger charge is 2.53. The third kappa shape index (κ3) is 2.61. The maximum absolute atomic E-state index is 12.1. The molecule has 0 aliphatic heterocycles. The summed E-state index contributed by atoms with van der Waals surface area (Å²) < 4.78 is 62.3. The van der Waals surface area contributed by atoms with Gasteiger partial charge in [0.15, 0.2) is 0 Å². The predicted molar refractivity (Wildman–Crippen MR) is 27.2 cm³/mol. The molecule has 0 heterocycles. The van der Waals surface area contributed by atoms with E-state index >= 15 is 0 Å². The van der Waals surface area contributed by atoms with Gasteiger partial charge in [0.05, 0.1) is 0 Å². The van der Waals surface area contributed by atoms with Gasteiger partial charge in [0, 0.05) is 7.11 Å². The average Bonchev–Trinajstić information content (AvgIpc) is 1.84. The van der Waals surface area contributed by atoms with E-state index in [0.29, 0.717) is 14.0 Å². The van der Waals surface area contributed by atoms with Crippen LogP contribution in [-0.2, 0) is 4.74 Å². The van der Waals surface area contributed by atoms with Gasteiger partial charge >= 0.3 is 12.3 Å². The lowest BCUT2D eigenvalue weighted by Gasteiger charge is -2.23. The number of methoxy groups -OCH3 is 1. The summed E-state index contributed by atoms with van der Waals surface area (Å²) >= 11 is 0. The lowest BCUT2D eigenvalue weighted by Crippen LogP contribution is -2.38. The largest absolute Gasteiger partial charge is 0.399 e. The van der Waals surface area contributed by atoms with Gasteiger partial charge in [-0.15, -0.1) is 0 Å². The zero-order valence-electron chi connectivity index (χ0n) is 5.88. The van der Waals surface area contributed by atoms with Crippen molar-refractivity contribution < 1.29 is 26.7 Å². The van der Waals surface area contributed by atoms with E-state index in [0.717, 1.165) is 0 Å². The van der Waals surface area contributed by atoms with Crippen LogP contribution in [0.25, 0.3) is 0 Å². The Morgan fingerprint density at radius 1 is 1.09 bits per heavy atom. The summed E-state index contributed by atoms with van der Waals surface area (Å²) in [6.07, 6.45) is -9.07. The zero-order valence-corrected chi connectivity index (χ0v) is 5.88. The summed E-state index contributed by atoms with van der Waals surface area (Å²) in [5.74, 6) is -2.78. The van der Waals surface area contributed by atoms with Gasteiger partial charge in [0.25, 0.3) is 0 Å². The molecule has 0 aromatic rings. The van der Waals surface area contributed by atoms with Crippen molar-refractivity contribution in [1.29, 1.82) is 0 Å². The van der Waals surface area contributed by atoms with Crippen LogP contribution >= 0.6 is 0 Å². The first-order valence-corrected chi connectivity index (χ1v) is 2.71. The highest BCUT2D eigenvalue weighted by atomic mass is 19.4. The van der Waals surface area contributed by atoms with E-state index in [1.807, 2.05) is 0 Å². The minimum absolute atomic E-state index is 0.365. The number of alkyl halides is 5. The molecule has 68 valence electrons. The van der Waals surface area contributed by atoms with Crippen molar-refractivity contribution in [3.8, 4) is 0 Å². The molecule has 1 unspecified atom stereocenters. The summed E-state index contributed by atoms with van der Waals surface area (Å²) in [6, 6.07) is 0. The topological polar surface area (TPSA) is 9.23 Å². The summed E-state index contributed by atoms with van der Waals surface area (Å²) in [5.41, 5.74) is 0. The highest BCUT2D eigenvalue weighted by molar-refractivity contribution is 4.70. The first-order valence-electron chi connectivity index (χ1n) is 2.71. The van der Waals surface area contributed by atoms with Crippen molar-refractivity contribution in [1.82, 2.24) is 0 Å². The van der Waals surface area contributed by atoms with Crippen LogP contribution in [0.15, 0.2) is 0 Å². The fourth-order valence-corrected chi connectivity index (χ4v) is 0.367. The first-order chi connectivity index (χ1) is 4.72. The number of hydrogen-bond acceptors (Lipinski definition) is 1. The van der Waals surface area contributed by atoms with Crippen LogP contribution in [0, 0.1) is 5.92 Å². The van der Waals surface area contributed by atoms with Gasteiger partial charge < -0.3 is 4.74 Å². The quantitative estimate of drug-likeness (QED) is 0.590. The summed E-state index contributed by atoms with van der Waals surface area (Å²) in [7, 11) is 0.530. The van der Waals surface area contributed by atoms with E-state index in [9.17, 15) is 22.0 Å². The second-order valence-electron chi connectivity index (χ2n) is 2.03. The van der Waals surface area contributed by atoms with Crippen molar-refractivity contribution in [2.45, 2.75) is 19.2 Å². The summed E-state index contributed by atoms with van der Waals surface area (Å²) in [4.78, 5) is 0. The van der Waals surface area contributed by atoms with Crippen molar-refractivity contribution in [3.05, 3.63) is 0 Å². The van der Waals surface area contributed by atoms with Crippen LogP contribution < -0.4 is 0 Å². The molecule has 0 amide bonds. The second-order valence-corrected chi connectivity index (χ2v) is 2.03. The lowest BCUT2D eigenvalue weighted by molar-refractivity contribution is -0.321. The Balaban J connectivity index is 4.35. The predicted octanol–water partition coefficient (Wildman–Crippen LogP) is 2.42. The van der Waals surface area contributed by atoms with Crippen molar-refractivity contribution in [2.75, 3.05) is 7.11 Å². The molecule has 0 aromatic carbocycles. The SMILES string of the molecule is COC(F)(F)C(C)C(F)(F)F. The molecule has 0 rings (SSSR count). The van der Waals surface area contributed by atoms with Crippen molar-refractivity contribution in [3.63, 3.8) is 0 Å². The maximum atomic E-state index is 12.1. The molecular weight excluding hydrogens is 171 g/mol. The van der Waals surface area contributed by atoms with Gasteiger partial charge in [0.2, 0.25) is 0 Å². The third-order valence-corrected chi connectivity index (χ3v) is 1.27. The molecule has 0 aliphatic rings.